The summed E-state index contributed by atoms with van der Waals surface area (Å²) < 4.78 is 5.39. The number of piperidine rings is 1. The molecule has 1 saturated carbocycles. The summed E-state index contributed by atoms with van der Waals surface area (Å²) in [7, 11) is 0. The lowest BCUT2D eigenvalue weighted by Crippen LogP contribution is -2.55. The predicted molar refractivity (Wildman–Crippen MR) is 163 cm³/mol. The van der Waals surface area contributed by atoms with Crippen molar-refractivity contribution in [2.45, 2.75) is 102 Å². The molecule has 4 rings (SSSR count). The number of amides is 2. The van der Waals surface area contributed by atoms with E-state index in [9.17, 15) is 9.59 Å². The molecule has 3 fully saturated rings. The number of nitrogens with zero attached hydrogens (tertiary/aromatic N) is 2. The van der Waals surface area contributed by atoms with Gasteiger partial charge in [-0.3, -0.25) is 14.6 Å². The number of hydrogen-bond acceptors (Lipinski definition) is 6. The minimum atomic E-state index is -0.526. The second-order valence-electron chi connectivity index (χ2n) is 11.6. The van der Waals surface area contributed by atoms with Crippen LogP contribution in [0.5, 0.6) is 0 Å². The van der Waals surface area contributed by atoms with Crippen LogP contribution in [0.15, 0.2) is 30.3 Å². The summed E-state index contributed by atoms with van der Waals surface area (Å²) >= 11 is 7.52. The van der Waals surface area contributed by atoms with Gasteiger partial charge in [0.15, 0.2) is 0 Å². The van der Waals surface area contributed by atoms with Crippen molar-refractivity contribution in [1.82, 2.24) is 20.4 Å². The summed E-state index contributed by atoms with van der Waals surface area (Å²) in [5, 5.41) is 6.88. The fourth-order valence-corrected chi connectivity index (χ4v) is 7.39. The molecule has 2 N–H and O–H groups in total. The molecule has 1 aromatic carbocycles. The van der Waals surface area contributed by atoms with Crippen LogP contribution in [0.1, 0.15) is 77.2 Å². The van der Waals surface area contributed by atoms with Crippen LogP contribution in [-0.2, 0) is 16.1 Å². The Balaban J connectivity index is 1.32. The zero-order valence-corrected chi connectivity index (χ0v) is 25.2. The van der Waals surface area contributed by atoms with Gasteiger partial charge < -0.3 is 15.4 Å². The second kappa shape index (κ2) is 15.2. The highest BCUT2D eigenvalue weighted by atomic mass is 32.2. The SMILES string of the molecule is CC(C)OC(=O)N1CSC[C@H]1C(=O)N[C@H](CCC1CCCCC1)C(=S)NC1CCN(Cc2ccccc2)CC1. The number of thiocarbonyl (C=S) groups is 1. The van der Waals surface area contributed by atoms with Crippen molar-refractivity contribution in [1.29, 1.82) is 0 Å². The molecule has 0 bridgehead atoms. The summed E-state index contributed by atoms with van der Waals surface area (Å²) in [5.74, 6) is 1.63. The van der Waals surface area contributed by atoms with Crippen molar-refractivity contribution in [2.24, 2.45) is 5.92 Å². The number of benzene rings is 1. The lowest BCUT2D eigenvalue weighted by molar-refractivity contribution is -0.125. The second-order valence-corrected chi connectivity index (χ2v) is 13.0. The van der Waals surface area contributed by atoms with E-state index in [0.717, 1.165) is 50.3 Å². The van der Waals surface area contributed by atoms with E-state index in [1.165, 1.54) is 37.7 Å². The maximum Gasteiger partial charge on any atom is 0.411 e. The molecule has 0 unspecified atom stereocenters. The Morgan fingerprint density at radius 2 is 1.79 bits per heavy atom. The number of carbonyl (C=O) groups is 2. The fraction of sp³-hybridized carbons (Fsp3) is 0.700. The van der Waals surface area contributed by atoms with E-state index in [2.05, 4.69) is 45.9 Å². The quantitative estimate of drug-likeness (QED) is 0.366. The first-order valence-electron chi connectivity index (χ1n) is 14.8. The van der Waals surface area contributed by atoms with Crippen molar-refractivity contribution in [3.05, 3.63) is 35.9 Å². The van der Waals surface area contributed by atoms with E-state index in [4.69, 9.17) is 17.0 Å². The topological polar surface area (TPSA) is 73.9 Å². The lowest BCUT2D eigenvalue weighted by Gasteiger charge is -2.34. The van der Waals surface area contributed by atoms with Crippen molar-refractivity contribution < 1.29 is 14.3 Å². The fourth-order valence-electron chi connectivity index (χ4n) is 5.90. The van der Waals surface area contributed by atoms with Gasteiger partial charge in [0.1, 0.15) is 6.04 Å². The first-order chi connectivity index (χ1) is 18.9. The van der Waals surface area contributed by atoms with Crippen LogP contribution in [0.4, 0.5) is 4.79 Å². The zero-order chi connectivity index (χ0) is 27.6. The van der Waals surface area contributed by atoms with Crippen molar-refractivity contribution in [3.8, 4) is 0 Å². The first-order valence-corrected chi connectivity index (χ1v) is 16.4. The molecule has 2 heterocycles. The minimum absolute atomic E-state index is 0.129. The summed E-state index contributed by atoms with van der Waals surface area (Å²) in [6, 6.07) is 10.2. The molecule has 216 valence electrons. The van der Waals surface area contributed by atoms with Crippen LogP contribution in [-0.4, -0.2) is 75.7 Å². The molecule has 7 nitrogen and oxygen atoms in total. The normalized spacial score (nSPS) is 22.0. The van der Waals surface area contributed by atoms with Crippen LogP contribution in [0.2, 0.25) is 0 Å². The number of thioether (sulfide) groups is 1. The molecule has 0 aromatic heterocycles. The third kappa shape index (κ3) is 9.35. The van der Waals surface area contributed by atoms with Gasteiger partial charge in [0.25, 0.3) is 0 Å². The lowest BCUT2D eigenvalue weighted by atomic mass is 9.85. The molecule has 1 aromatic rings. The average molecular weight is 575 g/mol. The molecule has 0 spiro atoms. The molecule has 1 aliphatic carbocycles. The molecule has 2 saturated heterocycles. The minimum Gasteiger partial charge on any atom is -0.447 e. The first kappa shape index (κ1) is 30.1. The summed E-state index contributed by atoms with van der Waals surface area (Å²) in [6.07, 6.45) is 9.82. The number of likely N-dealkylation sites (tertiary alicyclic amines) is 1. The van der Waals surface area contributed by atoms with Gasteiger partial charge in [-0.2, -0.15) is 0 Å². The number of rotatable bonds is 10. The van der Waals surface area contributed by atoms with Gasteiger partial charge in [0, 0.05) is 31.4 Å². The van der Waals surface area contributed by atoms with E-state index in [0.29, 0.717) is 23.6 Å². The highest BCUT2D eigenvalue weighted by molar-refractivity contribution is 7.99. The van der Waals surface area contributed by atoms with Crippen LogP contribution in [0.25, 0.3) is 0 Å². The van der Waals surface area contributed by atoms with Gasteiger partial charge in [-0.1, -0.05) is 74.7 Å². The number of carbonyl (C=O) groups excluding carboxylic acids is 2. The van der Waals surface area contributed by atoms with Gasteiger partial charge in [-0.15, -0.1) is 11.8 Å². The molecule has 2 aliphatic heterocycles. The highest BCUT2D eigenvalue weighted by Crippen LogP contribution is 2.28. The molecular weight excluding hydrogens is 528 g/mol. The Hall–Kier alpha value is -1.84. The molecule has 3 aliphatic rings. The maximum atomic E-state index is 13.5. The smallest absolute Gasteiger partial charge is 0.411 e. The molecule has 2 atom stereocenters. The maximum absolute atomic E-state index is 13.5. The van der Waals surface area contributed by atoms with Gasteiger partial charge in [0.05, 0.1) is 23.0 Å². The summed E-state index contributed by atoms with van der Waals surface area (Å²) in [6.45, 7) is 6.69. The van der Waals surface area contributed by atoms with Crippen molar-refractivity contribution >= 4 is 41.0 Å². The summed E-state index contributed by atoms with van der Waals surface area (Å²) in [4.78, 5) is 30.8. The van der Waals surface area contributed by atoms with Crippen LogP contribution >= 0.6 is 24.0 Å². The Kier molecular flexibility index (Phi) is 11.8. The van der Waals surface area contributed by atoms with Crippen LogP contribution < -0.4 is 10.6 Å². The van der Waals surface area contributed by atoms with Crippen LogP contribution in [0, 0.1) is 5.92 Å². The molecule has 2 amide bonds. The Morgan fingerprint density at radius 1 is 1.08 bits per heavy atom. The summed E-state index contributed by atoms with van der Waals surface area (Å²) in [5.41, 5.74) is 1.35. The standard InChI is InChI=1S/C30H46N4O3S2/c1-22(2)37-30(36)34-21-39-20-27(34)28(35)32-26(14-13-23-9-5-3-6-10-23)29(38)31-25-15-17-33(18-16-25)19-24-11-7-4-8-12-24/h4,7-8,11-12,22-23,25-27H,3,5-6,9-10,13-21H2,1-2H3,(H,31,38)(H,32,35)/t26-,27+/m1/s1. The van der Waals surface area contributed by atoms with E-state index < -0.39 is 12.1 Å². The van der Waals surface area contributed by atoms with Crippen LogP contribution in [0.3, 0.4) is 0 Å². The van der Waals surface area contributed by atoms with Gasteiger partial charge in [-0.05, 0) is 51.0 Å². The van der Waals surface area contributed by atoms with Crippen molar-refractivity contribution in [2.75, 3.05) is 24.7 Å². The third-order valence-corrected chi connectivity index (χ3v) is 9.57. The van der Waals surface area contributed by atoms with Gasteiger partial charge in [0.2, 0.25) is 5.91 Å². The number of ether oxygens (including phenoxy) is 1. The third-order valence-electron chi connectivity index (χ3n) is 8.16. The van der Waals surface area contributed by atoms with E-state index in [-0.39, 0.29) is 18.1 Å². The molecule has 0 radical (unpaired) electrons. The molecule has 39 heavy (non-hydrogen) atoms. The number of hydrogen-bond donors (Lipinski definition) is 2. The zero-order valence-electron chi connectivity index (χ0n) is 23.6. The monoisotopic (exact) mass is 574 g/mol. The number of nitrogens with one attached hydrogen (secondary N) is 2. The molecule has 9 heteroatoms. The van der Waals surface area contributed by atoms with Crippen molar-refractivity contribution in [3.63, 3.8) is 0 Å². The van der Waals surface area contributed by atoms with E-state index in [1.807, 2.05) is 13.8 Å². The average Bonchev–Trinajstić information content (AvgIpc) is 3.43. The van der Waals surface area contributed by atoms with Gasteiger partial charge in [-0.25, -0.2) is 4.79 Å². The largest absolute Gasteiger partial charge is 0.447 e. The Labute approximate surface area is 244 Å². The van der Waals surface area contributed by atoms with E-state index >= 15 is 0 Å². The Bertz CT molecular complexity index is 933. The van der Waals surface area contributed by atoms with Gasteiger partial charge >= 0.3 is 6.09 Å². The Morgan fingerprint density at radius 3 is 2.49 bits per heavy atom. The molecular formula is C30H46N4O3S2. The highest BCUT2D eigenvalue weighted by Gasteiger charge is 2.37. The van der Waals surface area contributed by atoms with E-state index in [1.54, 1.807) is 16.7 Å². The predicted octanol–water partition coefficient (Wildman–Crippen LogP) is 5.33.